The van der Waals surface area contributed by atoms with E-state index in [2.05, 4.69) is 174 Å². The molecule has 0 fully saturated rings. The van der Waals surface area contributed by atoms with E-state index in [0.29, 0.717) is 32.1 Å². The highest BCUT2D eigenvalue weighted by Gasteiger charge is 2.30. The Kier molecular flexibility index (Phi) is 68.2. The van der Waals surface area contributed by atoms with Gasteiger partial charge in [0.15, 0.2) is 12.2 Å². The second-order valence-corrected chi connectivity index (χ2v) is 27.3. The lowest BCUT2D eigenvalue weighted by atomic mass is 10.1. The first kappa shape index (κ1) is 94.7. The molecular formula is C81H132O17P2. The number of hydrogen-bond acceptors (Lipinski definition) is 15. The average Bonchev–Trinajstić information content (AvgIpc) is 1.00. The Morgan fingerprint density at radius 3 is 0.850 bits per heavy atom. The zero-order valence-electron chi connectivity index (χ0n) is 61.8. The second-order valence-electron chi connectivity index (χ2n) is 24.4. The lowest BCUT2D eigenvalue weighted by Crippen LogP contribution is -2.30. The van der Waals surface area contributed by atoms with E-state index in [9.17, 15) is 43.2 Å². The fourth-order valence-corrected chi connectivity index (χ4v) is 10.9. The summed E-state index contributed by atoms with van der Waals surface area (Å²) < 4.78 is 68.3. The van der Waals surface area contributed by atoms with Crippen LogP contribution < -0.4 is 0 Å². The summed E-state index contributed by atoms with van der Waals surface area (Å²) >= 11 is 0. The molecule has 3 N–H and O–H groups in total. The van der Waals surface area contributed by atoms with Crippen molar-refractivity contribution >= 4 is 39.5 Å². The number of hydrogen-bond donors (Lipinski definition) is 3. The third-order valence-corrected chi connectivity index (χ3v) is 16.9. The Hall–Kier alpha value is -5.32. The number of allylic oxidation sites excluding steroid dienone is 26. The molecule has 0 aliphatic rings. The van der Waals surface area contributed by atoms with Crippen LogP contribution in [0.1, 0.15) is 272 Å². The van der Waals surface area contributed by atoms with Gasteiger partial charge in [0.1, 0.15) is 19.3 Å². The van der Waals surface area contributed by atoms with E-state index in [4.69, 9.17) is 37.0 Å². The Balaban J connectivity index is 5.44. The number of aliphatic hydroxyl groups is 1. The number of rotatable bonds is 69. The minimum absolute atomic E-state index is 0.0488. The van der Waals surface area contributed by atoms with Gasteiger partial charge in [-0.1, -0.05) is 250 Å². The highest BCUT2D eigenvalue weighted by Crippen LogP contribution is 2.45. The van der Waals surface area contributed by atoms with Gasteiger partial charge in [-0.05, 0) is 154 Å². The van der Waals surface area contributed by atoms with Crippen LogP contribution in [-0.2, 0) is 65.4 Å². The van der Waals surface area contributed by atoms with E-state index in [1.807, 2.05) is 12.2 Å². The molecule has 0 aromatic rings. The topological polar surface area (TPSA) is 237 Å². The minimum Gasteiger partial charge on any atom is -0.462 e. The molecule has 5 unspecified atom stereocenters. The summed E-state index contributed by atoms with van der Waals surface area (Å²) in [5.74, 6) is -2.31. The largest absolute Gasteiger partial charge is 0.472 e. The van der Waals surface area contributed by atoms with Crippen LogP contribution in [0.25, 0.3) is 0 Å². The number of carbonyl (C=O) groups excluding carboxylic acids is 4. The number of ether oxygens (including phenoxy) is 4. The maximum absolute atomic E-state index is 13.1. The molecular weight excluding hydrogens is 1310 g/mol. The summed E-state index contributed by atoms with van der Waals surface area (Å²) in [6.45, 7) is 4.34. The van der Waals surface area contributed by atoms with Crippen molar-refractivity contribution in [2.24, 2.45) is 0 Å². The van der Waals surface area contributed by atoms with Gasteiger partial charge in [-0.2, -0.15) is 0 Å². The predicted molar refractivity (Wildman–Crippen MR) is 408 cm³/mol. The van der Waals surface area contributed by atoms with Gasteiger partial charge in [-0.25, -0.2) is 9.13 Å². The second kappa shape index (κ2) is 72.0. The molecule has 0 aliphatic carbocycles. The quantitative estimate of drug-likeness (QED) is 0.0169. The Labute approximate surface area is 604 Å². The first-order valence-corrected chi connectivity index (χ1v) is 40.7. The van der Waals surface area contributed by atoms with E-state index in [1.165, 1.54) is 12.8 Å². The molecule has 0 radical (unpaired) electrons. The van der Waals surface area contributed by atoms with E-state index >= 15 is 0 Å². The summed E-state index contributed by atoms with van der Waals surface area (Å²) in [6.07, 6.45) is 82.5. The van der Waals surface area contributed by atoms with Gasteiger partial charge in [0.05, 0.1) is 26.4 Å². The number of carbonyl (C=O) groups is 4. The number of unbranched alkanes of at least 4 members (excludes halogenated alkanes) is 17. The van der Waals surface area contributed by atoms with Crippen molar-refractivity contribution in [1.29, 1.82) is 0 Å². The van der Waals surface area contributed by atoms with Crippen molar-refractivity contribution < 1.29 is 80.2 Å². The Bertz CT molecular complexity index is 2520. The smallest absolute Gasteiger partial charge is 0.462 e. The highest BCUT2D eigenvalue weighted by molar-refractivity contribution is 7.47. The molecule has 100 heavy (non-hydrogen) atoms. The fraction of sp³-hybridized carbons (Fsp3) is 0.630. The van der Waals surface area contributed by atoms with E-state index in [1.54, 1.807) is 0 Å². The van der Waals surface area contributed by atoms with Gasteiger partial charge in [0, 0.05) is 25.7 Å². The van der Waals surface area contributed by atoms with Crippen LogP contribution in [0, 0.1) is 0 Å². The number of aliphatic hydroxyl groups excluding tert-OH is 1. The molecule has 0 aromatic carbocycles. The van der Waals surface area contributed by atoms with E-state index < -0.39 is 97.5 Å². The van der Waals surface area contributed by atoms with Crippen molar-refractivity contribution in [3.05, 3.63) is 158 Å². The van der Waals surface area contributed by atoms with Gasteiger partial charge in [0.25, 0.3) is 0 Å². The Morgan fingerprint density at radius 1 is 0.290 bits per heavy atom. The first-order valence-electron chi connectivity index (χ1n) is 37.7. The summed E-state index contributed by atoms with van der Waals surface area (Å²) in [6, 6.07) is 0. The predicted octanol–water partition coefficient (Wildman–Crippen LogP) is 21.7. The van der Waals surface area contributed by atoms with E-state index in [-0.39, 0.29) is 25.7 Å². The molecule has 19 heteroatoms. The molecule has 568 valence electrons. The van der Waals surface area contributed by atoms with Gasteiger partial charge in [-0.3, -0.25) is 37.3 Å². The summed E-state index contributed by atoms with van der Waals surface area (Å²) in [5, 5.41) is 10.6. The van der Waals surface area contributed by atoms with Crippen LogP contribution in [0.4, 0.5) is 0 Å². The molecule has 0 saturated carbocycles. The monoisotopic (exact) mass is 1440 g/mol. The lowest BCUT2D eigenvalue weighted by Gasteiger charge is -2.21. The molecule has 0 heterocycles. The maximum atomic E-state index is 13.1. The van der Waals surface area contributed by atoms with Crippen molar-refractivity contribution in [3.63, 3.8) is 0 Å². The minimum atomic E-state index is -5.00. The van der Waals surface area contributed by atoms with Gasteiger partial charge in [0.2, 0.25) is 0 Å². The number of phosphoric ester groups is 2. The Morgan fingerprint density at radius 2 is 0.530 bits per heavy atom. The first-order chi connectivity index (χ1) is 48.7. The fourth-order valence-electron chi connectivity index (χ4n) is 9.30. The third kappa shape index (κ3) is 71.1. The molecule has 0 amide bonds. The van der Waals surface area contributed by atoms with Crippen molar-refractivity contribution in [2.45, 2.75) is 290 Å². The highest BCUT2D eigenvalue weighted by atomic mass is 31.2. The summed E-state index contributed by atoms with van der Waals surface area (Å²) in [5.41, 5.74) is 0. The van der Waals surface area contributed by atoms with Crippen LogP contribution in [0.2, 0.25) is 0 Å². The van der Waals surface area contributed by atoms with Crippen LogP contribution in [0.5, 0.6) is 0 Å². The molecule has 17 nitrogen and oxygen atoms in total. The molecule has 0 aromatic heterocycles. The van der Waals surface area contributed by atoms with E-state index in [0.717, 1.165) is 173 Å². The van der Waals surface area contributed by atoms with Crippen LogP contribution >= 0.6 is 15.6 Å². The normalized spacial score (nSPS) is 14.8. The van der Waals surface area contributed by atoms with Crippen molar-refractivity contribution in [3.8, 4) is 0 Å². The molecule has 0 rings (SSSR count). The standard InChI is InChI=1S/C81H132O17P2/c1-5-9-13-17-21-25-29-32-35-37-40-43-47-50-54-58-62-66-79(84)92-72-77(98-81(86)68-64-60-56-52-48-44-41-38-36-33-30-26-22-18-14-10-6-2)74-96-100(89,90)94-70-75(82)69-93-99(87,88)95-73-76(97-80(85)67-63-59-55-51-45-28-24-20-16-12-8-4)71-91-78(83)65-61-57-53-49-46-42-39-34-31-27-23-19-15-11-7-3/h9-11,13-15,20-27,32-36,39-41,43-44,50,54,75-77,82H,5-8,12,16-19,28-31,37-38,42,45-49,51-53,55-74H2,1-4H3,(H,87,88)(H,89,90)/b13-9-,14-10-,15-11-,24-20-,25-21-,26-22-,27-23-,35-32-,36-33-,39-34-,43-40-,44-41-,54-50-. The summed E-state index contributed by atoms with van der Waals surface area (Å²) in [7, 11) is -9.99. The van der Waals surface area contributed by atoms with Gasteiger partial charge >= 0.3 is 39.5 Å². The number of esters is 4. The van der Waals surface area contributed by atoms with Crippen LogP contribution in [-0.4, -0.2) is 96.7 Å². The molecule has 5 atom stereocenters. The van der Waals surface area contributed by atoms with Crippen molar-refractivity contribution in [2.75, 3.05) is 39.6 Å². The molecule has 0 spiro atoms. The van der Waals surface area contributed by atoms with Crippen LogP contribution in [0.15, 0.2) is 158 Å². The zero-order chi connectivity index (χ0) is 73.2. The zero-order valence-corrected chi connectivity index (χ0v) is 63.6. The third-order valence-electron chi connectivity index (χ3n) is 15.0. The maximum Gasteiger partial charge on any atom is 0.472 e. The average molecular weight is 1440 g/mol. The van der Waals surface area contributed by atoms with Gasteiger partial charge < -0.3 is 33.8 Å². The molecule has 0 bridgehead atoms. The SMILES string of the molecule is CC/C=C\C/C=C\C/C=C\C/C=C\C/C=C\CCCC(=O)OCC(COP(=O)(O)OCC(O)COP(=O)(O)OCC(COC(=O)CCCCCCC/C=C\C/C=C\C/C=C\CC)OC(=O)CCCCCCC/C=C\CCCC)OC(=O)CCCCCC/C=C\C/C=C\C/C=C\C/C=C\CC. The molecule has 0 aliphatic heterocycles. The van der Waals surface area contributed by atoms with Gasteiger partial charge in [-0.15, -0.1) is 0 Å². The van der Waals surface area contributed by atoms with Crippen LogP contribution in [0.3, 0.4) is 0 Å². The lowest BCUT2D eigenvalue weighted by molar-refractivity contribution is -0.161. The number of phosphoric acid groups is 2. The van der Waals surface area contributed by atoms with Crippen molar-refractivity contribution in [1.82, 2.24) is 0 Å². The molecule has 0 saturated heterocycles. The summed E-state index contributed by atoms with van der Waals surface area (Å²) in [4.78, 5) is 72.8.